The lowest BCUT2D eigenvalue weighted by Crippen LogP contribution is -2.44. The highest BCUT2D eigenvalue weighted by Crippen LogP contribution is 2.27. The van der Waals surface area contributed by atoms with Gasteiger partial charge in [0.1, 0.15) is 21.8 Å². The second kappa shape index (κ2) is 6.82. The predicted molar refractivity (Wildman–Crippen MR) is 85.9 cm³/mol. The van der Waals surface area contributed by atoms with Gasteiger partial charge in [-0.1, -0.05) is 11.6 Å². The summed E-state index contributed by atoms with van der Waals surface area (Å²) in [6.07, 6.45) is 7.27. The molecule has 1 unspecified atom stereocenters. The Morgan fingerprint density at radius 1 is 1.22 bits per heavy atom. The Bertz CT molecular complexity index is 771. The van der Waals surface area contributed by atoms with Crippen LogP contribution in [0.5, 0.6) is 5.75 Å². The molecule has 0 N–H and O–H groups in total. The third-order valence-corrected chi connectivity index (χ3v) is 5.77. The van der Waals surface area contributed by atoms with Gasteiger partial charge in [0, 0.05) is 37.4 Å². The first-order chi connectivity index (χ1) is 11.1. The van der Waals surface area contributed by atoms with Crippen LogP contribution in [0.25, 0.3) is 0 Å². The first-order valence-corrected chi connectivity index (χ1v) is 9.05. The van der Waals surface area contributed by atoms with Crippen LogP contribution in [0.4, 0.5) is 0 Å². The topological polar surface area (TPSA) is 72.4 Å². The number of sulfonamides is 1. The Kier molecular flexibility index (Phi) is 4.79. The summed E-state index contributed by atoms with van der Waals surface area (Å²) in [7, 11) is -3.55. The number of piperidine rings is 1. The predicted octanol–water partition coefficient (Wildman–Crippen LogP) is 2.36. The number of halogens is 1. The largest absolute Gasteiger partial charge is 0.487 e. The fourth-order valence-electron chi connectivity index (χ4n) is 2.51. The molecule has 8 heteroatoms. The number of rotatable bonds is 4. The molecule has 0 saturated carbocycles. The molecule has 0 bridgehead atoms. The lowest BCUT2D eigenvalue weighted by atomic mass is 10.1. The van der Waals surface area contributed by atoms with Gasteiger partial charge in [-0.2, -0.15) is 4.31 Å². The first-order valence-electron chi connectivity index (χ1n) is 7.24. The van der Waals surface area contributed by atoms with Crippen LogP contribution >= 0.6 is 11.6 Å². The molecule has 0 amide bonds. The van der Waals surface area contributed by atoms with E-state index in [0.29, 0.717) is 17.3 Å². The van der Waals surface area contributed by atoms with Crippen LogP contribution in [0.1, 0.15) is 12.8 Å². The molecule has 122 valence electrons. The smallest absolute Gasteiger partial charge is 0.244 e. The highest BCUT2D eigenvalue weighted by atomic mass is 35.5. The van der Waals surface area contributed by atoms with E-state index in [0.717, 1.165) is 12.8 Å². The number of hydrogen-bond acceptors (Lipinski definition) is 5. The summed E-state index contributed by atoms with van der Waals surface area (Å²) in [5.41, 5.74) is 0. The SMILES string of the molecule is O=S(=O)(c1cccnc1)N1CCCC(Oc2ccncc2Cl)C1. The molecular formula is C15H16ClN3O3S. The van der Waals surface area contributed by atoms with Crippen LogP contribution in [0.3, 0.4) is 0 Å². The van der Waals surface area contributed by atoms with Gasteiger partial charge < -0.3 is 4.74 Å². The number of aromatic nitrogens is 2. The number of nitrogens with zero attached hydrogens (tertiary/aromatic N) is 3. The Labute approximate surface area is 140 Å². The molecule has 0 aliphatic carbocycles. The van der Waals surface area contributed by atoms with Crippen molar-refractivity contribution in [2.45, 2.75) is 23.8 Å². The fourth-order valence-corrected chi connectivity index (χ4v) is 4.14. The molecule has 3 rings (SSSR count). The van der Waals surface area contributed by atoms with Gasteiger partial charge >= 0.3 is 0 Å². The van der Waals surface area contributed by atoms with Gasteiger partial charge in [0.15, 0.2) is 0 Å². The third-order valence-electron chi connectivity index (χ3n) is 3.64. The summed E-state index contributed by atoms with van der Waals surface area (Å²) >= 11 is 6.04. The molecular weight excluding hydrogens is 338 g/mol. The zero-order valence-electron chi connectivity index (χ0n) is 12.3. The number of pyridine rings is 2. The van der Waals surface area contributed by atoms with E-state index in [-0.39, 0.29) is 17.5 Å². The number of ether oxygens (including phenoxy) is 1. The Hall–Kier alpha value is -1.70. The summed E-state index contributed by atoms with van der Waals surface area (Å²) in [4.78, 5) is 7.99. The zero-order valence-corrected chi connectivity index (χ0v) is 13.9. The molecule has 6 nitrogen and oxygen atoms in total. The van der Waals surface area contributed by atoms with E-state index < -0.39 is 10.0 Å². The van der Waals surface area contributed by atoms with Gasteiger partial charge in [-0.05, 0) is 25.0 Å². The molecule has 0 aromatic carbocycles. The molecule has 1 saturated heterocycles. The Balaban J connectivity index is 1.75. The summed E-state index contributed by atoms with van der Waals surface area (Å²) in [5, 5.41) is 0.416. The van der Waals surface area contributed by atoms with Crippen LogP contribution < -0.4 is 4.74 Å². The van der Waals surface area contributed by atoms with Crippen LogP contribution in [-0.2, 0) is 10.0 Å². The Morgan fingerprint density at radius 3 is 2.78 bits per heavy atom. The van der Waals surface area contributed by atoms with E-state index in [4.69, 9.17) is 16.3 Å². The maximum Gasteiger partial charge on any atom is 0.244 e. The van der Waals surface area contributed by atoms with Gasteiger partial charge in [0.05, 0.1) is 6.54 Å². The number of hydrogen-bond donors (Lipinski definition) is 0. The van der Waals surface area contributed by atoms with Crippen molar-refractivity contribution in [2.24, 2.45) is 0 Å². The standard InChI is InChI=1S/C15H16ClN3O3S/c16-14-10-18-7-5-15(14)22-12-3-2-8-19(11-12)23(20,21)13-4-1-6-17-9-13/h1,4-7,9-10,12H,2-3,8,11H2. The molecule has 23 heavy (non-hydrogen) atoms. The van der Waals surface area contributed by atoms with Gasteiger partial charge in [-0.3, -0.25) is 9.97 Å². The zero-order chi connectivity index (χ0) is 16.3. The average Bonchev–Trinajstić information content (AvgIpc) is 2.58. The molecule has 0 spiro atoms. The molecule has 1 atom stereocenters. The minimum absolute atomic E-state index is 0.197. The molecule has 3 heterocycles. The van der Waals surface area contributed by atoms with Crippen LogP contribution in [0.2, 0.25) is 5.02 Å². The summed E-state index contributed by atoms with van der Waals surface area (Å²) in [6, 6.07) is 4.84. The van der Waals surface area contributed by atoms with E-state index in [1.807, 2.05) is 0 Å². The van der Waals surface area contributed by atoms with Crippen LogP contribution in [0, 0.1) is 0 Å². The quantitative estimate of drug-likeness (QED) is 0.843. The average molecular weight is 354 g/mol. The van der Waals surface area contributed by atoms with E-state index in [1.165, 1.54) is 16.7 Å². The molecule has 1 fully saturated rings. The third kappa shape index (κ3) is 3.63. The van der Waals surface area contributed by atoms with Crippen LogP contribution in [0.15, 0.2) is 47.9 Å². The van der Waals surface area contributed by atoms with Crippen molar-refractivity contribution in [2.75, 3.05) is 13.1 Å². The molecule has 2 aromatic rings. The Morgan fingerprint density at radius 2 is 2.04 bits per heavy atom. The molecule has 0 radical (unpaired) electrons. The highest BCUT2D eigenvalue weighted by Gasteiger charge is 2.31. The van der Waals surface area contributed by atoms with Crippen molar-refractivity contribution in [3.63, 3.8) is 0 Å². The minimum atomic E-state index is -3.55. The summed E-state index contributed by atoms with van der Waals surface area (Å²) in [5.74, 6) is 0.521. The lowest BCUT2D eigenvalue weighted by molar-refractivity contribution is 0.130. The van der Waals surface area contributed by atoms with E-state index in [9.17, 15) is 8.42 Å². The highest BCUT2D eigenvalue weighted by molar-refractivity contribution is 7.89. The monoisotopic (exact) mass is 353 g/mol. The lowest BCUT2D eigenvalue weighted by Gasteiger charge is -2.32. The first kappa shape index (κ1) is 16.2. The maximum atomic E-state index is 12.6. The van der Waals surface area contributed by atoms with E-state index in [2.05, 4.69) is 9.97 Å². The van der Waals surface area contributed by atoms with Crippen molar-refractivity contribution >= 4 is 21.6 Å². The second-order valence-corrected chi connectivity index (χ2v) is 7.59. The summed E-state index contributed by atoms with van der Waals surface area (Å²) in [6.45, 7) is 0.761. The van der Waals surface area contributed by atoms with E-state index in [1.54, 1.807) is 30.6 Å². The fraction of sp³-hybridized carbons (Fsp3) is 0.333. The van der Waals surface area contributed by atoms with Crippen LogP contribution in [-0.4, -0.2) is 41.9 Å². The normalized spacial score (nSPS) is 19.4. The minimum Gasteiger partial charge on any atom is -0.487 e. The second-order valence-electron chi connectivity index (χ2n) is 5.24. The molecule has 1 aliphatic heterocycles. The van der Waals surface area contributed by atoms with Crippen molar-refractivity contribution in [3.8, 4) is 5.75 Å². The molecule has 2 aromatic heterocycles. The van der Waals surface area contributed by atoms with E-state index >= 15 is 0 Å². The van der Waals surface area contributed by atoms with Crippen molar-refractivity contribution in [1.82, 2.24) is 14.3 Å². The van der Waals surface area contributed by atoms with Crippen molar-refractivity contribution < 1.29 is 13.2 Å². The maximum absolute atomic E-state index is 12.6. The molecule has 1 aliphatic rings. The summed E-state index contributed by atoms with van der Waals surface area (Å²) < 4.78 is 32.6. The van der Waals surface area contributed by atoms with Gasteiger partial charge in [-0.25, -0.2) is 8.42 Å². The van der Waals surface area contributed by atoms with Gasteiger partial charge in [0.2, 0.25) is 10.0 Å². The van der Waals surface area contributed by atoms with Gasteiger partial charge in [-0.15, -0.1) is 0 Å². The van der Waals surface area contributed by atoms with Crippen molar-refractivity contribution in [1.29, 1.82) is 0 Å². The van der Waals surface area contributed by atoms with Crippen molar-refractivity contribution in [3.05, 3.63) is 48.0 Å². The van der Waals surface area contributed by atoms with Gasteiger partial charge in [0.25, 0.3) is 0 Å².